The van der Waals surface area contributed by atoms with Crippen molar-refractivity contribution in [3.63, 3.8) is 0 Å². The van der Waals surface area contributed by atoms with E-state index in [1.165, 1.54) is 13.0 Å². The predicted molar refractivity (Wildman–Crippen MR) is 86.7 cm³/mol. The van der Waals surface area contributed by atoms with Crippen molar-refractivity contribution in [2.45, 2.75) is 49.5 Å². The average molecular weight is 523 g/mol. The Labute approximate surface area is 180 Å². The Bertz CT molecular complexity index is 993. The lowest BCUT2D eigenvalue weighted by atomic mass is 9.96. The third-order valence-electron chi connectivity index (χ3n) is 4.58. The number of hydrogen-bond acceptors (Lipinski definition) is 2. The number of aryl methyl sites for hydroxylation is 1. The first-order chi connectivity index (χ1) is 15.0. The van der Waals surface area contributed by atoms with Crippen LogP contribution in [0.1, 0.15) is 22.4 Å². The number of halogens is 14. The van der Waals surface area contributed by atoms with Crippen LogP contribution in [0.2, 0.25) is 0 Å². The lowest BCUT2D eigenvalue weighted by Crippen LogP contribution is -2.53. The molecule has 1 aromatic carbocycles. The van der Waals surface area contributed by atoms with Gasteiger partial charge in [-0.3, -0.25) is 4.68 Å². The number of benzene rings is 1. The number of nitrogen functional groups attached to an aromatic ring is 1. The topological polar surface area (TPSA) is 43.8 Å². The maximum absolute atomic E-state index is 14.2. The van der Waals surface area contributed by atoms with E-state index in [1.54, 1.807) is 0 Å². The Kier molecular flexibility index (Phi) is 6.39. The van der Waals surface area contributed by atoms with Crippen LogP contribution in [0.25, 0.3) is 0 Å². The van der Waals surface area contributed by atoms with Crippen molar-refractivity contribution in [2.75, 3.05) is 5.73 Å². The first kappa shape index (κ1) is 27.5. The molecule has 0 aliphatic heterocycles. The molecule has 0 fully saturated rings. The van der Waals surface area contributed by atoms with Crippen molar-refractivity contribution < 1.29 is 61.5 Å². The minimum atomic E-state index is -7.17. The number of nitrogens with two attached hydrogens (primary N) is 1. The minimum Gasteiger partial charge on any atom is -0.399 e. The first-order valence-corrected chi connectivity index (χ1v) is 8.56. The largest absolute Gasteiger partial charge is 0.460 e. The molecule has 0 unspecified atom stereocenters. The van der Waals surface area contributed by atoms with E-state index >= 15 is 0 Å². The van der Waals surface area contributed by atoms with Gasteiger partial charge in [0.25, 0.3) is 0 Å². The summed E-state index contributed by atoms with van der Waals surface area (Å²) in [7, 11) is 0. The molecule has 0 atom stereocenters. The van der Waals surface area contributed by atoms with E-state index < -0.39 is 60.0 Å². The maximum Gasteiger partial charge on any atom is 0.460 e. The SMILES string of the molecule is Cc1cc(Cn2cc(C(F)(F)C(F)(F)C(F)(F)F)c(C(F)(F)C(F)(F)C(F)(F)F)n2)ccc1N. The van der Waals surface area contributed by atoms with Gasteiger partial charge in [-0.15, -0.1) is 0 Å². The zero-order chi connectivity index (χ0) is 26.7. The van der Waals surface area contributed by atoms with E-state index in [9.17, 15) is 61.5 Å². The summed E-state index contributed by atoms with van der Waals surface area (Å²) >= 11 is 0. The second-order valence-corrected chi connectivity index (χ2v) is 7.07. The molecule has 0 bridgehead atoms. The number of hydrogen-bond donors (Lipinski definition) is 1. The third kappa shape index (κ3) is 4.23. The Morgan fingerprint density at radius 3 is 1.68 bits per heavy atom. The van der Waals surface area contributed by atoms with Gasteiger partial charge < -0.3 is 5.73 Å². The molecule has 192 valence electrons. The summed E-state index contributed by atoms with van der Waals surface area (Å²) in [5.74, 6) is -27.8. The monoisotopic (exact) mass is 523 g/mol. The zero-order valence-corrected chi connectivity index (χ0v) is 16.3. The second-order valence-electron chi connectivity index (χ2n) is 7.07. The van der Waals surface area contributed by atoms with Crippen LogP contribution in [-0.4, -0.2) is 34.0 Å². The van der Waals surface area contributed by atoms with Gasteiger partial charge in [-0.1, -0.05) is 12.1 Å². The van der Waals surface area contributed by atoms with Gasteiger partial charge in [0.1, 0.15) is 5.69 Å². The molecule has 3 nitrogen and oxygen atoms in total. The van der Waals surface area contributed by atoms with Gasteiger partial charge in [0.2, 0.25) is 0 Å². The van der Waals surface area contributed by atoms with E-state index in [4.69, 9.17) is 5.73 Å². The highest BCUT2D eigenvalue weighted by Gasteiger charge is 2.79. The van der Waals surface area contributed by atoms with Crippen molar-refractivity contribution >= 4 is 5.69 Å². The molecule has 0 aliphatic rings. The van der Waals surface area contributed by atoms with Crippen molar-refractivity contribution in [2.24, 2.45) is 0 Å². The Morgan fingerprint density at radius 2 is 1.24 bits per heavy atom. The van der Waals surface area contributed by atoms with Crippen molar-refractivity contribution in [3.8, 4) is 0 Å². The lowest BCUT2D eigenvalue weighted by Gasteiger charge is -2.31. The van der Waals surface area contributed by atoms with E-state index in [2.05, 4.69) is 5.10 Å². The van der Waals surface area contributed by atoms with E-state index in [-0.39, 0.29) is 21.5 Å². The van der Waals surface area contributed by atoms with Crippen LogP contribution >= 0.6 is 0 Å². The molecule has 2 N–H and O–H groups in total. The molecule has 2 aromatic rings. The molecular formula is C17H11F14N3. The van der Waals surface area contributed by atoms with Crippen LogP contribution in [-0.2, 0) is 18.4 Å². The highest BCUT2D eigenvalue weighted by atomic mass is 19.4. The summed E-state index contributed by atoms with van der Waals surface area (Å²) in [4.78, 5) is 0. The normalized spacial score (nSPS) is 14.6. The van der Waals surface area contributed by atoms with E-state index in [1.807, 2.05) is 0 Å². The van der Waals surface area contributed by atoms with Crippen molar-refractivity contribution in [1.82, 2.24) is 9.78 Å². The summed E-state index contributed by atoms with van der Waals surface area (Å²) < 4.78 is 185. The molecule has 1 aromatic heterocycles. The summed E-state index contributed by atoms with van der Waals surface area (Å²) in [5.41, 5.74) is -0.622. The van der Waals surface area contributed by atoms with Gasteiger partial charge in [-0.2, -0.15) is 66.6 Å². The van der Waals surface area contributed by atoms with Crippen LogP contribution in [0.4, 0.5) is 67.2 Å². The first-order valence-electron chi connectivity index (χ1n) is 8.56. The fraction of sp³-hybridized carbons (Fsp3) is 0.471. The average Bonchev–Trinajstić information content (AvgIpc) is 3.08. The number of aromatic nitrogens is 2. The third-order valence-corrected chi connectivity index (χ3v) is 4.58. The summed E-state index contributed by atoms with van der Waals surface area (Å²) in [5, 5.41) is 2.45. The molecule has 0 spiro atoms. The minimum absolute atomic E-state index is 0.0795. The van der Waals surface area contributed by atoms with Crippen LogP contribution < -0.4 is 5.73 Å². The van der Waals surface area contributed by atoms with Gasteiger partial charge >= 0.3 is 36.0 Å². The van der Waals surface area contributed by atoms with Gasteiger partial charge in [-0.05, 0) is 24.1 Å². The zero-order valence-electron chi connectivity index (χ0n) is 16.3. The van der Waals surface area contributed by atoms with Crippen LogP contribution in [0.5, 0.6) is 0 Å². The summed E-state index contributed by atoms with van der Waals surface area (Å²) in [6.45, 7) is 0.407. The highest BCUT2D eigenvalue weighted by molar-refractivity contribution is 5.47. The molecule has 2 rings (SSSR count). The van der Waals surface area contributed by atoms with Gasteiger partial charge in [0.05, 0.1) is 12.1 Å². The van der Waals surface area contributed by atoms with Crippen molar-refractivity contribution in [1.29, 1.82) is 0 Å². The molecule has 34 heavy (non-hydrogen) atoms. The van der Waals surface area contributed by atoms with Crippen LogP contribution in [0.3, 0.4) is 0 Å². The van der Waals surface area contributed by atoms with Gasteiger partial charge in [-0.25, -0.2) is 0 Å². The molecule has 0 radical (unpaired) electrons. The Balaban J connectivity index is 2.78. The molecule has 0 saturated carbocycles. The summed E-state index contributed by atoms with van der Waals surface area (Å²) in [6.07, 6.45) is -14.8. The molecular weight excluding hydrogens is 512 g/mol. The van der Waals surface area contributed by atoms with Gasteiger partial charge in [0, 0.05) is 11.9 Å². The quantitative estimate of drug-likeness (QED) is 0.352. The molecule has 0 aliphatic carbocycles. The van der Waals surface area contributed by atoms with E-state index in [0.717, 1.165) is 12.1 Å². The number of nitrogens with zero attached hydrogens (tertiary/aromatic N) is 2. The molecule has 17 heteroatoms. The standard InChI is InChI=1S/C17H11F14N3/c1-7-4-8(2-3-10(7)32)5-34-6-9(12(18,19)14(22,23)16(26,27)28)11(33-34)13(20,21)15(24,25)17(29,30)31/h2-4,6H,5,32H2,1H3. The molecule has 0 saturated heterocycles. The lowest BCUT2D eigenvalue weighted by molar-refractivity contribution is -0.367. The Hall–Kier alpha value is -2.75. The fourth-order valence-corrected chi connectivity index (χ4v) is 2.66. The van der Waals surface area contributed by atoms with Gasteiger partial charge in [0.15, 0.2) is 0 Å². The Morgan fingerprint density at radius 1 is 0.765 bits per heavy atom. The van der Waals surface area contributed by atoms with E-state index in [0.29, 0.717) is 0 Å². The number of anilines is 1. The second kappa shape index (κ2) is 7.90. The smallest absolute Gasteiger partial charge is 0.399 e. The van der Waals surface area contributed by atoms with Crippen molar-refractivity contribution in [3.05, 3.63) is 46.8 Å². The maximum atomic E-state index is 14.2. The predicted octanol–water partition coefficient (Wildman–Crippen LogP) is 6.40. The molecule has 1 heterocycles. The van der Waals surface area contributed by atoms with Crippen LogP contribution in [0, 0.1) is 6.92 Å². The summed E-state index contributed by atoms with van der Waals surface area (Å²) in [6, 6.07) is 3.42. The highest BCUT2D eigenvalue weighted by Crippen LogP contribution is 2.57. The fourth-order valence-electron chi connectivity index (χ4n) is 2.66. The number of alkyl halides is 14. The molecule has 0 amide bonds. The van der Waals surface area contributed by atoms with Crippen LogP contribution in [0.15, 0.2) is 24.4 Å². The number of rotatable bonds is 6.